The Hall–Kier alpha value is 0.896. The van der Waals surface area contributed by atoms with E-state index in [1.165, 1.54) is 0 Å². The number of hydrogen-bond donors (Lipinski definition) is 0. The third-order valence-electron chi connectivity index (χ3n) is 0.214. The van der Waals surface area contributed by atoms with E-state index in [4.69, 9.17) is 0 Å². The Morgan fingerprint density at radius 3 is 1.11 bits per heavy atom. The van der Waals surface area contributed by atoms with Gasteiger partial charge in [0.1, 0.15) is 6.43 Å². The zero-order valence-corrected chi connectivity index (χ0v) is 6.98. The number of hydrogen-bond acceptors (Lipinski definition) is 0. The largest absolute Gasteiger partial charge is 2.00 e. The topological polar surface area (TPSA) is 0 Å². The standard InChI is InChI=1S/C2F5.BrH.Mg/c3-1(4)2(5,6)7;;/h;1H;/q-1;;+2/p-1. The molecule has 0 heterocycles. The fourth-order valence-electron chi connectivity index (χ4n) is 0. The van der Waals surface area contributed by atoms with Crippen LogP contribution in [0.5, 0.6) is 0 Å². The van der Waals surface area contributed by atoms with Crippen molar-refractivity contribution in [3.8, 4) is 0 Å². The van der Waals surface area contributed by atoms with E-state index in [0.717, 1.165) is 0 Å². The second kappa shape index (κ2) is 5.66. The van der Waals surface area contributed by atoms with Crippen LogP contribution >= 0.6 is 0 Å². The predicted molar refractivity (Wildman–Crippen MR) is 17.3 cm³/mol. The second-order valence-electron chi connectivity index (χ2n) is 0.758. The Bertz CT molecular complexity index is 60.5. The molecule has 0 saturated carbocycles. The van der Waals surface area contributed by atoms with Gasteiger partial charge in [-0.15, -0.1) is 0 Å². The molecular formula is C2BrF5Mg. The normalized spacial score (nSPS) is 10.0. The minimum Gasteiger partial charge on any atom is -1.00 e. The number of alkyl halides is 3. The summed E-state index contributed by atoms with van der Waals surface area (Å²) in [6.07, 6.45) is -8.92. The molecule has 0 aliphatic heterocycles. The molecule has 0 amide bonds. The molecule has 0 fully saturated rings. The monoisotopic (exact) mass is 222 g/mol. The van der Waals surface area contributed by atoms with Gasteiger partial charge in [-0.3, -0.25) is 0 Å². The molecule has 0 unspecified atom stereocenters. The van der Waals surface area contributed by atoms with Crippen LogP contribution in [0.15, 0.2) is 0 Å². The van der Waals surface area contributed by atoms with E-state index in [9.17, 15) is 22.0 Å². The Morgan fingerprint density at radius 1 is 1.00 bits per heavy atom. The van der Waals surface area contributed by atoms with Crippen molar-refractivity contribution < 1.29 is 38.9 Å². The van der Waals surface area contributed by atoms with E-state index < -0.39 is 12.6 Å². The number of rotatable bonds is 0. The van der Waals surface area contributed by atoms with Crippen LogP contribution in [0.3, 0.4) is 0 Å². The smallest absolute Gasteiger partial charge is 1.00 e. The molecule has 0 nitrogen and oxygen atoms in total. The first kappa shape index (κ1) is 16.5. The van der Waals surface area contributed by atoms with Crippen molar-refractivity contribution in [3.05, 3.63) is 6.43 Å². The quantitative estimate of drug-likeness (QED) is 0.269. The molecule has 0 aliphatic carbocycles. The van der Waals surface area contributed by atoms with Gasteiger partial charge in [0.2, 0.25) is 0 Å². The van der Waals surface area contributed by atoms with Crippen LogP contribution in [0.1, 0.15) is 0 Å². The van der Waals surface area contributed by atoms with Gasteiger partial charge in [-0.1, -0.05) is 0 Å². The summed E-state index contributed by atoms with van der Waals surface area (Å²) in [6, 6.07) is 0. The molecule has 0 aromatic heterocycles. The Labute approximate surface area is 74.7 Å². The van der Waals surface area contributed by atoms with Crippen molar-refractivity contribution in [1.29, 1.82) is 0 Å². The molecular weight excluding hydrogens is 223 g/mol. The molecule has 0 aromatic carbocycles. The molecule has 9 heavy (non-hydrogen) atoms. The van der Waals surface area contributed by atoms with Crippen molar-refractivity contribution in [2.75, 3.05) is 0 Å². The molecule has 0 aromatic rings. The molecule has 52 valence electrons. The van der Waals surface area contributed by atoms with Crippen molar-refractivity contribution in [2.45, 2.75) is 6.18 Å². The van der Waals surface area contributed by atoms with Gasteiger partial charge in [-0.2, -0.15) is 0 Å². The maximum atomic E-state index is 10.4. The van der Waals surface area contributed by atoms with Gasteiger partial charge in [0.05, 0.1) is 0 Å². The molecule has 0 saturated heterocycles. The summed E-state index contributed by atoms with van der Waals surface area (Å²) in [4.78, 5) is 0. The van der Waals surface area contributed by atoms with E-state index in [0.29, 0.717) is 0 Å². The fourth-order valence-corrected chi connectivity index (χ4v) is 0. The third kappa shape index (κ3) is 8.90. The van der Waals surface area contributed by atoms with Crippen LogP contribution in [0.25, 0.3) is 0 Å². The van der Waals surface area contributed by atoms with Gasteiger partial charge in [0, 0.05) is 0 Å². The van der Waals surface area contributed by atoms with Crippen LogP contribution in [-0.4, -0.2) is 29.2 Å². The maximum Gasteiger partial charge on any atom is 2.00 e. The van der Waals surface area contributed by atoms with Gasteiger partial charge in [-0.25, -0.2) is 13.2 Å². The molecule has 0 atom stereocenters. The minimum absolute atomic E-state index is 0. The van der Waals surface area contributed by atoms with Crippen LogP contribution in [0.4, 0.5) is 22.0 Å². The molecule has 7 heteroatoms. The molecule has 0 N–H and O–H groups in total. The first-order valence-electron chi connectivity index (χ1n) is 1.19. The summed E-state index contributed by atoms with van der Waals surface area (Å²) in [6.45, 7) is 0. The second-order valence-corrected chi connectivity index (χ2v) is 0.758. The van der Waals surface area contributed by atoms with Crippen LogP contribution in [0, 0.1) is 6.43 Å². The van der Waals surface area contributed by atoms with Gasteiger partial charge in [-0.05, 0) is 0 Å². The summed E-state index contributed by atoms with van der Waals surface area (Å²) in [7, 11) is 0. The van der Waals surface area contributed by atoms with Gasteiger partial charge in [0.25, 0.3) is 0 Å². The van der Waals surface area contributed by atoms with Crippen molar-refractivity contribution >= 4 is 23.1 Å². The zero-order valence-electron chi connectivity index (χ0n) is 3.97. The molecule has 0 spiro atoms. The molecule has 0 radical (unpaired) electrons. The average Bonchev–Trinajstić information content (AvgIpc) is 1.31. The van der Waals surface area contributed by atoms with Crippen molar-refractivity contribution in [2.24, 2.45) is 0 Å². The van der Waals surface area contributed by atoms with Crippen LogP contribution < -0.4 is 17.0 Å². The van der Waals surface area contributed by atoms with E-state index in [2.05, 4.69) is 0 Å². The first-order chi connectivity index (χ1) is 2.94. The third-order valence-corrected chi connectivity index (χ3v) is 0.214. The van der Waals surface area contributed by atoms with E-state index in [1.54, 1.807) is 0 Å². The van der Waals surface area contributed by atoms with Crippen molar-refractivity contribution in [3.63, 3.8) is 0 Å². The Balaban J connectivity index is -0.000000180. The van der Waals surface area contributed by atoms with E-state index >= 15 is 0 Å². The Kier molecular flexibility index (Phi) is 10.4. The fraction of sp³-hybridized carbons (Fsp3) is 0.500. The summed E-state index contributed by atoms with van der Waals surface area (Å²) in [5.41, 5.74) is 0. The molecule has 0 aliphatic rings. The van der Waals surface area contributed by atoms with E-state index in [-0.39, 0.29) is 40.0 Å². The van der Waals surface area contributed by atoms with Gasteiger partial charge in [0.15, 0.2) is 0 Å². The summed E-state index contributed by atoms with van der Waals surface area (Å²) in [5.74, 6) is 0. The molecule has 0 bridgehead atoms. The maximum absolute atomic E-state index is 10.4. The van der Waals surface area contributed by atoms with E-state index in [1.807, 2.05) is 0 Å². The Morgan fingerprint density at radius 2 is 1.11 bits per heavy atom. The van der Waals surface area contributed by atoms with Crippen molar-refractivity contribution in [1.82, 2.24) is 0 Å². The zero-order chi connectivity index (χ0) is 6.08. The predicted octanol–water partition coefficient (Wildman–Crippen LogP) is -1.40. The van der Waals surface area contributed by atoms with Crippen LogP contribution in [0.2, 0.25) is 0 Å². The summed E-state index contributed by atoms with van der Waals surface area (Å²) >= 11 is 0. The summed E-state index contributed by atoms with van der Waals surface area (Å²) < 4.78 is 51.8. The molecule has 0 rings (SSSR count). The average molecular weight is 223 g/mol. The van der Waals surface area contributed by atoms with Gasteiger partial charge >= 0.3 is 29.2 Å². The minimum atomic E-state index is -5.42. The summed E-state index contributed by atoms with van der Waals surface area (Å²) in [5, 5.41) is 0. The number of halogens is 6. The SMILES string of the molecule is F[C-](F)C(F)(F)F.[Br-].[Mg+2]. The first-order valence-corrected chi connectivity index (χ1v) is 1.19. The van der Waals surface area contributed by atoms with Gasteiger partial charge < -0.3 is 25.8 Å². The van der Waals surface area contributed by atoms with Crippen LogP contribution in [-0.2, 0) is 0 Å².